The van der Waals surface area contributed by atoms with Gasteiger partial charge in [-0.15, -0.1) is 0 Å². The van der Waals surface area contributed by atoms with Crippen molar-refractivity contribution in [1.82, 2.24) is 0 Å². The van der Waals surface area contributed by atoms with Gasteiger partial charge in [-0.2, -0.15) is 0 Å². The molecule has 0 amide bonds. The van der Waals surface area contributed by atoms with Crippen LogP contribution in [0.3, 0.4) is 0 Å². The molecule has 0 aromatic carbocycles. The standard InChI is InChI=1S/C5H6ClIN2/c1-3-4(7)5(6)9-2-8-3/h2-4H,1H3. The Morgan fingerprint density at radius 3 is 2.89 bits per heavy atom. The first kappa shape index (κ1) is 7.47. The van der Waals surface area contributed by atoms with Crippen LogP contribution in [-0.4, -0.2) is 21.5 Å². The van der Waals surface area contributed by atoms with Crippen molar-refractivity contribution in [3.8, 4) is 0 Å². The van der Waals surface area contributed by atoms with Crippen LogP contribution < -0.4 is 0 Å². The molecule has 2 nitrogen and oxygen atoms in total. The molecule has 50 valence electrons. The molecule has 1 aliphatic heterocycles. The van der Waals surface area contributed by atoms with E-state index in [1.807, 2.05) is 6.92 Å². The van der Waals surface area contributed by atoms with E-state index in [1.165, 1.54) is 6.34 Å². The lowest BCUT2D eigenvalue weighted by Crippen LogP contribution is -2.24. The summed E-state index contributed by atoms with van der Waals surface area (Å²) in [7, 11) is 0. The molecule has 2 unspecified atom stereocenters. The molecule has 4 heteroatoms. The first-order valence-corrected chi connectivity index (χ1v) is 4.23. The molecule has 2 atom stereocenters. The average Bonchev–Trinajstić information content (AvgIpc) is 1.83. The highest BCUT2D eigenvalue weighted by Crippen LogP contribution is 2.16. The molecule has 0 aromatic heterocycles. The molecular weight excluding hydrogens is 250 g/mol. The van der Waals surface area contributed by atoms with Gasteiger partial charge in [-0.3, -0.25) is 4.99 Å². The summed E-state index contributed by atoms with van der Waals surface area (Å²) in [6, 6.07) is 0.274. The molecule has 0 N–H and O–H groups in total. The van der Waals surface area contributed by atoms with Gasteiger partial charge >= 0.3 is 0 Å². The molecule has 1 heterocycles. The number of alkyl halides is 1. The normalized spacial score (nSPS) is 34.3. The van der Waals surface area contributed by atoms with Gasteiger partial charge in [0, 0.05) is 0 Å². The monoisotopic (exact) mass is 256 g/mol. The lowest BCUT2D eigenvalue weighted by molar-refractivity contribution is 0.809. The minimum atomic E-state index is 0.259. The minimum Gasteiger partial charge on any atom is -0.269 e. The number of rotatable bonds is 0. The Labute approximate surface area is 72.5 Å². The van der Waals surface area contributed by atoms with Crippen LogP contribution in [0.1, 0.15) is 6.92 Å². The van der Waals surface area contributed by atoms with E-state index in [0.717, 1.165) is 0 Å². The average molecular weight is 256 g/mol. The third-order valence-corrected chi connectivity index (χ3v) is 3.47. The summed E-state index contributed by atoms with van der Waals surface area (Å²) in [5.74, 6) is 0. The van der Waals surface area contributed by atoms with E-state index in [9.17, 15) is 0 Å². The van der Waals surface area contributed by atoms with E-state index in [0.29, 0.717) is 5.17 Å². The zero-order valence-corrected chi connectivity index (χ0v) is 7.80. The Hall–Kier alpha value is 0.360. The van der Waals surface area contributed by atoms with Gasteiger partial charge in [0.2, 0.25) is 0 Å². The third-order valence-electron chi connectivity index (χ3n) is 1.13. The van der Waals surface area contributed by atoms with Crippen molar-refractivity contribution >= 4 is 45.7 Å². The van der Waals surface area contributed by atoms with E-state index in [2.05, 4.69) is 32.6 Å². The van der Waals surface area contributed by atoms with Gasteiger partial charge in [-0.05, 0) is 6.92 Å². The van der Waals surface area contributed by atoms with Gasteiger partial charge < -0.3 is 0 Å². The van der Waals surface area contributed by atoms with E-state index < -0.39 is 0 Å². The number of hydrogen-bond acceptors (Lipinski definition) is 2. The molecule has 0 aliphatic carbocycles. The van der Waals surface area contributed by atoms with E-state index in [-0.39, 0.29) is 9.97 Å². The number of halogens is 2. The Balaban J connectivity index is 2.73. The molecule has 0 saturated heterocycles. The fourth-order valence-electron chi connectivity index (χ4n) is 0.539. The van der Waals surface area contributed by atoms with Gasteiger partial charge in [-0.1, -0.05) is 34.2 Å². The van der Waals surface area contributed by atoms with E-state index >= 15 is 0 Å². The van der Waals surface area contributed by atoms with Gasteiger partial charge in [-0.25, -0.2) is 4.99 Å². The number of aliphatic imine (C=N–C) groups is 2. The zero-order valence-electron chi connectivity index (χ0n) is 4.88. The van der Waals surface area contributed by atoms with Gasteiger partial charge in [0.1, 0.15) is 11.5 Å². The summed E-state index contributed by atoms with van der Waals surface area (Å²) in [5, 5.41) is 0.651. The molecular formula is C5H6ClIN2. The Kier molecular flexibility index (Phi) is 2.46. The summed E-state index contributed by atoms with van der Waals surface area (Å²) >= 11 is 7.95. The van der Waals surface area contributed by atoms with Gasteiger partial charge in [0.15, 0.2) is 0 Å². The fraction of sp³-hybridized carbons (Fsp3) is 0.600. The Bertz CT molecular complexity index is 166. The van der Waals surface area contributed by atoms with Crippen molar-refractivity contribution in [1.29, 1.82) is 0 Å². The smallest absolute Gasteiger partial charge is 0.123 e. The Morgan fingerprint density at radius 1 is 1.78 bits per heavy atom. The maximum Gasteiger partial charge on any atom is 0.123 e. The topological polar surface area (TPSA) is 24.7 Å². The first-order chi connectivity index (χ1) is 4.22. The predicted molar refractivity (Wildman–Crippen MR) is 49.1 cm³/mol. The summed E-state index contributed by atoms with van der Waals surface area (Å²) in [6.07, 6.45) is 1.52. The molecule has 1 aliphatic rings. The second kappa shape index (κ2) is 2.96. The van der Waals surface area contributed by atoms with Crippen molar-refractivity contribution in [2.24, 2.45) is 9.98 Å². The number of hydrogen-bond donors (Lipinski definition) is 0. The van der Waals surface area contributed by atoms with Crippen molar-refractivity contribution in [3.63, 3.8) is 0 Å². The number of nitrogens with zero attached hydrogens (tertiary/aromatic N) is 2. The molecule has 0 saturated carbocycles. The van der Waals surface area contributed by atoms with E-state index in [1.54, 1.807) is 0 Å². The van der Waals surface area contributed by atoms with Crippen molar-refractivity contribution < 1.29 is 0 Å². The van der Waals surface area contributed by atoms with Crippen LogP contribution in [0, 0.1) is 0 Å². The van der Waals surface area contributed by atoms with Crippen LogP contribution in [0.4, 0.5) is 0 Å². The molecule has 0 aromatic rings. The molecule has 0 spiro atoms. The summed E-state index contributed by atoms with van der Waals surface area (Å²) in [5.41, 5.74) is 0. The quantitative estimate of drug-likeness (QED) is 0.467. The first-order valence-electron chi connectivity index (χ1n) is 2.60. The van der Waals surface area contributed by atoms with Crippen LogP contribution in [0.15, 0.2) is 9.98 Å². The highest BCUT2D eigenvalue weighted by Gasteiger charge is 2.19. The molecule has 0 bridgehead atoms. The lowest BCUT2D eigenvalue weighted by Gasteiger charge is -2.14. The SMILES string of the molecule is CC1N=CN=C(Cl)C1I. The maximum absolute atomic E-state index is 5.71. The zero-order chi connectivity index (χ0) is 6.85. The summed E-state index contributed by atoms with van der Waals surface area (Å²) in [6.45, 7) is 2.02. The van der Waals surface area contributed by atoms with Crippen LogP contribution >= 0.6 is 34.2 Å². The van der Waals surface area contributed by atoms with Gasteiger partial charge in [0.05, 0.1) is 9.97 Å². The largest absolute Gasteiger partial charge is 0.269 e. The molecule has 0 radical (unpaired) electrons. The van der Waals surface area contributed by atoms with Crippen LogP contribution in [0.2, 0.25) is 0 Å². The second-order valence-electron chi connectivity index (χ2n) is 1.86. The summed E-state index contributed by atoms with van der Waals surface area (Å²) < 4.78 is 0.259. The van der Waals surface area contributed by atoms with Crippen molar-refractivity contribution in [2.45, 2.75) is 16.9 Å². The van der Waals surface area contributed by atoms with Crippen LogP contribution in [0.25, 0.3) is 0 Å². The van der Waals surface area contributed by atoms with E-state index in [4.69, 9.17) is 11.6 Å². The fourth-order valence-corrected chi connectivity index (χ4v) is 1.11. The van der Waals surface area contributed by atoms with Crippen LogP contribution in [0.5, 0.6) is 0 Å². The molecule has 9 heavy (non-hydrogen) atoms. The highest BCUT2D eigenvalue weighted by atomic mass is 127. The minimum absolute atomic E-state index is 0.259. The maximum atomic E-state index is 5.71. The Morgan fingerprint density at radius 2 is 2.44 bits per heavy atom. The lowest BCUT2D eigenvalue weighted by atomic mass is 10.2. The van der Waals surface area contributed by atoms with Gasteiger partial charge in [0.25, 0.3) is 0 Å². The molecule has 1 rings (SSSR count). The van der Waals surface area contributed by atoms with Crippen molar-refractivity contribution in [3.05, 3.63) is 0 Å². The summed E-state index contributed by atoms with van der Waals surface area (Å²) in [4.78, 5) is 7.90. The van der Waals surface area contributed by atoms with Crippen molar-refractivity contribution in [2.75, 3.05) is 0 Å². The van der Waals surface area contributed by atoms with Crippen LogP contribution in [-0.2, 0) is 0 Å². The second-order valence-corrected chi connectivity index (χ2v) is 3.59. The third kappa shape index (κ3) is 1.64. The predicted octanol–water partition coefficient (Wildman–Crippen LogP) is 1.86. The molecule has 0 fully saturated rings. The highest BCUT2D eigenvalue weighted by molar-refractivity contribution is 14.1.